The molecule has 1 fully saturated rings. The summed E-state index contributed by atoms with van der Waals surface area (Å²) in [6.07, 6.45) is 5.10. The molecule has 3 rings (SSSR count). The van der Waals surface area contributed by atoms with Crippen molar-refractivity contribution in [3.8, 4) is 0 Å². The molecule has 26 heavy (non-hydrogen) atoms. The van der Waals surface area contributed by atoms with Crippen LogP contribution >= 0.6 is 0 Å². The summed E-state index contributed by atoms with van der Waals surface area (Å²) >= 11 is 0. The van der Waals surface area contributed by atoms with Gasteiger partial charge >= 0.3 is 0 Å². The molecular weight excluding hydrogens is 356 g/mol. The third kappa shape index (κ3) is 3.96. The Kier molecular flexibility index (Phi) is 6.02. The molecule has 0 aliphatic carbocycles. The van der Waals surface area contributed by atoms with Crippen LogP contribution in [0.15, 0.2) is 33.3 Å². The number of hydrogen-bond donors (Lipinski definition) is 2. The molecule has 0 bridgehead atoms. The molecule has 1 saturated heterocycles. The first kappa shape index (κ1) is 19.4. The third-order valence-corrected chi connectivity index (χ3v) is 7.04. The highest BCUT2D eigenvalue weighted by Gasteiger charge is 2.46. The number of hydrogen-bond acceptors (Lipinski definition) is 6. The second kappa shape index (κ2) is 8.08. The SMILES string of the molecule is CCC/C(=C\c1ccc(CO)o1)CC[C@H]1OC[C@H]2C1=C(CO)CS2(=O)=O. The second-order valence-electron chi connectivity index (χ2n) is 6.89. The summed E-state index contributed by atoms with van der Waals surface area (Å²) in [5.41, 5.74) is 2.59. The number of sulfone groups is 1. The lowest BCUT2D eigenvalue weighted by Crippen LogP contribution is -2.19. The monoisotopic (exact) mass is 382 g/mol. The van der Waals surface area contributed by atoms with E-state index in [9.17, 15) is 13.5 Å². The van der Waals surface area contributed by atoms with Crippen molar-refractivity contribution in [3.63, 3.8) is 0 Å². The van der Waals surface area contributed by atoms with Crippen molar-refractivity contribution in [1.82, 2.24) is 0 Å². The van der Waals surface area contributed by atoms with Gasteiger partial charge in [-0.1, -0.05) is 18.9 Å². The van der Waals surface area contributed by atoms with E-state index in [2.05, 4.69) is 6.92 Å². The average molecular weight is 382 g/mol. The maximum Gasteiger partial charge on any atom is 0.163 e. The standard InChI is InChI=1S/C19H26O6S/c1-2-3-13(8-15-5-6-16(10-21)25-15)4-7-17-19-14(9-20)12-26(22,23)18(19)11-24-17/h5-6,8,17-18,20-21H,2-4,7,9-12H2,1H3/b13-8+/t17-,18+/m1/s1. The Morgan fingerprint density at radius 2 is 2.08 bits per heavy atom. The minimum atomic E-state index is -3.23. The fourth-order valence-corrected chi connectivity index (χ4v) is 5.75. The Balaban J connectivity index is 1.71. The summed E-state index contributed by atoms with van der Waals surface area (Å²) in [5.74, 6) is 1.20. The second-order valence-corrected chi connectivity index (χ2v) is 9.07. The number of aliphatic hydroxyl groups excluding tert-OH is 2. The van der Waals surface area contributed by atoms with Crippen molar-refractivity contribution in [1.29, 1.82) is 0 Å². The molecule has 0 spiro atoms. The number of furan rings is 1. The minimum Gasteiger partial charge on any atom is -0.459 e. The lowest BCUT2D eigenvalue weighted by molar-refractivity contribution is 0.117. The van der Waals surface area contributed by atoms with Gasteiger partial charge in [-0.15, -0.1) is 0 Å². The first-order valence-corrected chi connectivity index (χ1v) is 10.7. The molecule has 2 aliphatic heterocycles. The van der Waals surface area contributed by atoms with E-state index in [4.69, 9.17) is 14.3 Å². The maximum atomic E-state index is 12.2. The van der Waals surface area contributed by atoms with Crippen LogP contribution in [-0.4, -0.2) is 49.0 Å². The normalized spacial score (nSPS) is 25.1. The predicted molar refractivity (Wildman–Crippen MR) is 98.2 cm³/mol. The predicted octanol–water partition coefficient (Wildman–Crippen LogP) is 2.22. The van der Waals surface area contributed by atoms with Crippen molar-refractivity contribution >= 4 is 15.9 Å². The summed E-state index contributed by atoms with van der Waals surface area (Å²) < 4.78 is 35.7. The van der Waals surface area contributed by atoms with Crippen LogP contribution in [0.5, 0.6) is 0 Å². The van der Waals surface area contributed by atoms with E-state index in [-0.39, 0.29) is 31.7 Å². The highest BCUT2D eigenvalue weighted by atomic mass is 32.2. The molecule has 0 saturated carbocycles. The van der Waals surface area contributed by atoms with Crippen molar-refractivity contribution in [2.24, 2.45) is 0 Å². The Morgan fingerprint density at radius 1 is 1.27 bits per heavy atom. The number of aliphatic hydroxyl groups is 2. The van der Waals surface area contributed by atoms with E-state index >= 15 is 0 Å². The molecule has 0 unspecified atom stereocenters. The Labute approximate surface area is 154 Å². The fraction of sp³-hybridized carbons (Fsp3) is 0.579. The number of ether oxygens (including phenoxy) is 1. The van der Waals surface area contributed by atoms with E-state index in [1.54, 1.807) is 6.07 Å². The van der Waals surface area contributed by atoms with Gasteiger partial charge in [0.15, 0.2) is 9.84 Å². The summed E-state index contributed by atoms with van der Waals surface area (Å²) in [4.78, 5) is 0. The molecule has 0 radical (unpaired) electrons. The first-order valence-electron chi connectivity index (χ1n) is 9.03. The van der Waals surface area contributed by atoms with Crippen molar-refractivity contribution in [3.05, 3.63) is 40.4 Å². The van der Waals surface area contributed by atoms with Crippen LogP contribution in [-0.2, 0) is 21.2 Å². The summed E-state index contributed by atoms with van der Waals surface area (Å²) in [5, 5.41) is 18.1. The number of allylic oxidation sites excluding steroid dienone is 1. The average Bonchev–Trinajstić information content (AvgIpc) is 3.29. The van der Waals surface area contributed by atoms with E-state index < -0.39 is 15.1 Å². The summed E-state index contributed by atoms with van der Waals surface area (Å²) in [6, 6.07) is 3.58. The van der Waals surface area contributed by atoms with Gasteiger partial charge < -0.3 is 19.4 Å². The summed E-state index contributed by atoms with van der Waals surface area (Å²) in [6.45, 7) is 1.95. The maximum absolute atomic E-state index is 12.2. The van der Waals surface area contributed by atoms with Crippen molar-refractivity contribution in [2.75, 3.05) is 19.0 Å². The van der Waals surface area contributed by atoms with Gasteiger partial charge in [0, 0.05) is 0 Å². The van der Waals surface area contributed by atoms with Crippen LogP contribution in [0, 0.1) is 0 Å². The van der Waals surface area contributed by atoms with Crippen molar-refractivity contribution in [2.45, 2.75) is 50.6 Å². The Morgan fingerprint density at radius 3 is 2.73 bits per heavy atom. The van der Waals surface area contributed by atoms with E-state index in [0.717, 1.165) is 24.8 Å². The zero-order chi connectivity index (χ0) is 18.7. The quantitative estimate of drug-likeness (QED) is 0.669. The van der Waals surface area contributed by atoms with Gasteiger partial charge in [-0.25, -0.2) is 8.42 Å². The molecule has 2 N–H and O–H groups in total. The third-order valence-electron chi connectivity index (χ3n) is 5.03. The topological polar surface area (TPSA) is 97.0 Å². The van der Waals surface area contributed by atoms with Gasteiger partial charge in [-0.2, -0.15) is 0 Å². The van der Waals surface area contributed by atoms with Gasteiger partial charge in [-0.3, -0.25) is 0 Å². The zero-order valence-electron chi connectivity index (χ0n) is 15.0. The lowest BCUT2D eigenvalue weighted by Gasteiger charge is -2.14. The molecule has 1 aromatic heterocycles. The highest BCUT2D eigenvalue weighted by Crippen LogP contribution is 2.38. The minimum absolute atomic E-state index is 0.0443. The van der Waals surface area contributed by atoms with Gasteiger partial charge in [0.25, 0.3) is 0 Å². The largest absolute Gasteiger partial charge is 0.459 e. The molecular formula is C19H26O6S. The molecule has 3 heterocycles. The zero-order valence-corrected chi connectivity index (χ0v) is 15.8. The first-order chi connectivity index (χ1) is 12.5. The van der Waals surface area contributed by atoms with Crippen LogP contribution in [0.3, 0.4) is 0 Å². The molecule has 0 aromatic carbocycles. The van der Waals surface area contributed by atoms with Crippen LogP contribution in [0.2, 0.25) is 0 Å². The van der Waals surface area contributed by atoms with Crippen LogP contribution in [0.4, 0.5) is 0 Å². The lowest BCUT2D eigenvalue weighted by atomic mass is 9.96. The highest BCUT2D eigenvalue weighted by molar-refractivity contribution is 7.92. The smallest absolute Gasteiger partial charge is 0.163 e. The summed E-state index contributed by atoms with van der Waals surface area (Å²) in [7, 11) is -3.23. The molecule has 144 valence electrons. The van der Waals surface area contributed by atoms with Gasteiger partial charge in [0.2, 0.25) is 0 Å². The number of fused-ring (bicyclic) bond motifs is 1. The van der Waals surface area contributed by atoms with Gasteiger partial charge in [-0.05, 0) is 48.6 Å². The molecule has 2 atom stereocenters. The Hall–Kier alpha value is -1.41. The molecule has 1 aromatic rings. The molecule has 0 amide bonds. The van der Waals surface area contributed by atoms with Crippen LogP contribution in [0.25, 0.3) is 6.08 Å². The number of rotatable bonds is 8. The van der Waals surface area contributed by atoms with Gasteiger partial charge in [0.05, 0.1) is 25.1 Å². The van der Waals surface area contributed by atoms with Crippen molar-refractivity contribution < 1.29 is 27.8 Å². The van der Waals surface area contributed by atoms with E-state index in [1.165, 1.54) is 5.57 Å². The Bertz CT molecular complexity index is 802. The van der Waals surface area contributed by atoms with Gasteiger partial charge in [0.1, 0.15) is 23.4 Å². The van der Waals surface area contributed by atoms with E-state index in [1.807, 2.05) is 12.1 Å². The molecule has 7 heteroatoms. The van der Waals surface area contributed by atoms with Crippen LogP contribution in [0.1, 0.15) is 44.1 Å². The molecule has 6 nitrogen and oxygen atoms in total. The van der Waals surface area contributed by atoms with Crippen LogP contribution < -0.4 is 0 Å². The van der Waals surface area contributed by atoms with E-state index in [0.29, 0.717) is 23.5 Å². The fourth-order valence-electron chi connectivity index (χ4n) is 3.81. The molecule has 2 aliphatic rings.